The number of hydrogen-bond acceptors (Lipinski definition) is 4. The van der Waals surface area contributed by atoms with Crippen molar-refractivity contribution in [3.63, 3.8) is 0 Å². The van der Waals surface area contributed by atoms with E-state index < -0.39 is 9.84 Å². The van der Waals surface area contributed by atoms with Crippen LogP contribution in [-0.4, -0.2) is 23.6 Å². The molecule has 1 saturated carbocycles. The van der Waals surface area contributed by atoms with Gasteiger partial charge < -0.3 is 0 Å². The van der Waals surface area contributed by atoms with Crippen LogP contribution in [0.25, 0.3) is 11.3 Å². The van der Waals surface area contributed by atoms with Crippen molar-refractivity contribution in [3.8, 4) is 11.3 Å². The first-order valence-electron chi connectivity index (χ1n) is 8.32. The number of nitrogens with zero attached hydrogens (tertiary/aromatic N) is 2. The SMILES string of the molecule is Cc1ncc(-c2cccc(CS(=O)(=O)C3CC3)c2)nc1C(C)(C)C. The highest BCUT2D eigenvalue weighted by molar-refractivity contribution is 7.91. The van der Waals surface area contributed by atoms with Gasteiger partial charge in [0.05, 0.1) is 34.3 Å². The lowest BCUT2D eigenvalue weighted by Gasteiger charge is -2.20. The monoisotopic (exact) mass is 344 g/mol. The summed E-state index contributed by atoms with van der Waals surface area (Å²) in [7, 11) is -3.01. The van der Waals surface area contributed by atoms with E-state index in [0.29, 0.717) is 0 Å². The van der Waals surface area contributed by atoms with Crippen molar-refractivity contribution < 1.29 is 8.42 Å². The second kappa shape index (κ2) is 5.96. The van der Waals surface area contributed by atoms with Gasteiger partial charge in [0.15, 0.2) is 9.84 Å². The lowest BCUT2D eigenvalue weighted by atomic mass is 9.90. The normalized spacial score (nSPS) is 15.5. The van der Waals surface area contributed by atoms with Gasteiger partial charge in [-0.3, -0.25) is 4.98 Å². The maximum Gasteiger partial charge on any atom is 0.157 e. The Bertz CT molecular complexity index is 863. The molecule has 1 aromatic carbocycles. The summed E-state index contributed by atoms with van der Waals surface area (Å²) in [6.07, 6.45) is 3.37. The first-order valence-corrected chi connectivity index (χ1v) is 10.0. The van der Waals surface area contributed by atoms with Crippen LogP contribution in [0.3, 0.4) is 0 Å². The predicted octanol–water partition coefficient (Wildman–Crippen LogP) is 3.83. The number of hydrogen-bond donors (Lipinski definition) is 0. The summed E-state index contributed by atoms with van der Waals surface area (Å²) in [5, 5.41) is -0.132. The van der Waals surface area contributed by atoms with E-state index in [1.165, 1.54) is 0 Å². The van der Waals surface area contributed by atoms with Gasteiger partial charge in [-0.1, -0.05) is 39.0 Å². The van der Waals surface area contributed by atoms with Crippen molar-refractivity contribution in [2.45, 2.75) is 57.0 Å². The molecule has 1 heterocycles. The highest BCUT2D eigenvalue weighted by Gasteiger charge is 2.35. The molecule has 2 aromatic rings. The third-order valence-electron chi connectivity index (χ3n) is 4.29. The largest absolute Gasteiger partial charge is 0.257 e. The Morgan fingerprint density at radius 3 is 2.54 bits per heavy atom. The minimum atomic E-state index is -3.01. The number of benzene rings is 1. The zero-order valence-corrected chi connectivity index (χ0v) is 15.5. The van der Waals surface area contributed by atoms with Crippen LogP contribution >= 0.6 is 0 Å². The molecule has 0 amide bonds. The summed E-state index contributed by atoms with van der Waals surface area (Å²) in [6.45, 7) is 8.32. The smallest absolute Gasteiger partial charge is 0.157 e. The van der Waals surface area contributed by atoms with Gasteiger partial charge in [0, 0.05) is 11.0 Å². The molecule has 3 rings (SSSR count). The fraction of sp³-hybridized carbons (Fsp3) is 0.474. The molecule has 0 N–H and O–H groups in total. The van der Waals surface area contributed by atoms with Crippen LogP contribution in [0.2, 0.25) is 0 Å². The number of aryl methyl sites for hydroxylation is 1. The molecule has 5 heteroatoms. The quantitative estimate of drug-likeness (QED) is 0.846. The zero-order valence-electron chi connectivity index (χ0n) is 14.7. The lowest BCUT2D eigenvalue weighted by Crippen LogP contribution is -2.17. The average Bonchev–Trinajstić information content (AvgIpc) is 3.31. The van der Waals surface area contributed by atoms with E-state index in [9.17, 15) is 8.42 Å². The van der Waals surface area contributed by atoms with Crippen molar-refractivity contribution in [1.29, 1.82) is 0 Å². The van der Waals surface area contributed by atoms with Crippen molar-refractivity contribution in [1.82, 2.24) is 9.97 Å². The summed E-state index contributed by atoms with van der Waals surface area (Å²) in [6, 6.07) is 7.64. The lowest BCUT2D eigenvalue weighted by molar-refractivity contribution is 0.560. The van der Waals surface area contributed by atoms with Gasteiger partial charge in [0.1, 0.15) is 0 Å². The Labute approximate surface area is 144 Å². The van der Waals surface area contributed by atoms with Gasteiger partial charge >= 0.3 is 0 Å². The molecule has 0 unspecified atom stereocenters. The highest BCUT2D eigenvalue weighted by atomic mass is 32.2. The predicted molar refractivity (Wildman–Crippen MR) is 96.6 cm³/mol. The maximum absolute atomic E-state index is 12.2. The Kier molecular flexibility index (Phi) is 4.24. The fourth-order valence-electron chi connectivity index (χ4n) is 2.90. The molecular formula is C19H24N2O2S. The summed E-state index contributed by atoms with van der Waals surface area (Å²) < 4.78 is 24.4. The second-order valence-corrected chi connectivity index (χ2v) is 9.93. The average molecular weight is 344 g/mol. The molecule has 1 aliphatic rings. The van der Waals surface area contributed by atoms with E-state index in [1.54, 1.807) is 6.20 Å². The topological polar surface area (TPSA) is 59.9 Å². The Balaban J connectivity index is 1.94. The van der Waals surface area contributed by atoms with Gasteiger partial charge in [0.25, 0.3) is 0 Å². The van der Waals surface area contributed by atoms with Gasteiger partial charge in [-0.15, -0.1) is 0 Å². The molecule has 0 saturated heterocycles. The van der Waals surface area contributed by atoms with Crippen LogP contribution in [0.1, 0.15) is 50.6 Å². The van der Waals surface area contributed by atoms with Gasteiger partial charge in [-0.25, -0.2) is 13.4 Å². The summed E-state index contributed by atoms with van der Waals surface area (Å²) in [5.41, 5.74) is 4.33. The van der Waals surface area contributed by atoms with E-state index in [1.807, 2.05) is 31.2 Å². The Morgan fingerprint density at radius 1 is 1.21 bits per heavy atom. The number of rotatable bonds is 4. The molecule has 4 nitrogen and oxygen atoms in total. The first kappa shape index (κ1) is 17.1. The van der Waals surface area contributed by atoms with Crippen molar-refractivity contribution in [2.75, 3.05) is 0 Å². The molecule has 1 aromatic heterocycles. The van der Waals surface area contributed by atoms with Crippen molar-refractivity contribution in [3.05, 3.63) is 47.4 Å². The molecule has 1 aliphatic carbocycles. The third kappa shape index (κ3) is 3.66. The van der Waals surface area contributed by atoms with Crippen molar-refractivity contribution >= 4 is 9.84 Å². The molecule has 128 valence electrons. The molecule has 0 atom stereocenters. The molecule has 0 bridgehead atoms. The molecule has 1 fully saturated rings. The van der Waals surface area contributed by atoms with Crippen LogP contribution in [0.15, 0.2) is 30.5 Å². The van der Waals surface area contributed by atoms with E-state index in [-0.39, 0.29) is 16.4 Å². The number of aromatic nitrogens is 2. The van der Waals surface area contributed by atoms with Crippen LogP contribution in [0.5, 0.6) is 0 Å². The standard InChI is InChI=1S/C19H24N2O2S/c1-13-18(19(2,3)4)21-17(11-20-13)15-7-5-6-14(10-15)12-24(22,23)16-8-9-16/h5-7,10-11,16H,8-9,12H2,1-4H3. The van der Waals surface area contributed by atoms with Crippen LogP contribution in [0, 0.1) is 6.92 Å². The van der Waals surface area contributed by atoms with Gasteiger partial charge in [0.2, 0.25) is 0 Å². The highest BCUT2D eigenvalue weighted by Crippen LogP contribution is 2.32. The van der Waals surface area contributed by atoms with Gasteiger partial charge in [-0.2, -0.15) is 0 Å². The Hall–Kier alpha value is -1.75. The minimum Gasteiger partial charge on any atom is -0.257 e. The van der Waals surface area contributed by atoms with Gasteiger partial charge in [-0.05, 0) is 31.4 Å². The summed E-state index contributed by atoms with van der Waals surface area (Å²) >= 11 is 0. The van der Waals surface area contributed by atoms with E-state index >= 15 is 0 Å². The molecular weight excluding hydrogens is 320 g/mol. The first-order chi connectivity index (χ1) is 11.2. The van der Waals surface area contributed by atoms with E-state index in [2.05, 4.69) is 25.8 Å². The third-order valence-corrected chi connectivity index (χ3v) is 6.51. The van der Waals surface area contributed by atoms with Crippen LogP contribution in [-0.2, 0) is 21.0 Å². The van der Waals surface area contributed by atoms with E-state index in [4.69, 9.17) is 4.98 Å². The maximum atomic E-state index is 12.2. The number of sulfone groups is 1. The molecule has 0 radical (unpaired) electrons. The van der Waals surface area contributed by atoms with E-state index in [0.717, 1.165) is 41.1 Å². The van der Waals surface area contributed by atoms with Crippen LogP contribution in [0.4, 0.5) is 0 Å². The molecule has 0 aliphatic heterocycles. The molecule has 0 spiro atoms. The van der Waals surface area contributed by atoms with Crippen LogP contribution < -0.4 is 0 Å². The summed E-state index contributed by atoms with van der Waals surface area (Å²) in [4.78, 5) is 9.27. The van der Waals surface area contributed by atoms with Crippen molar-refractivity contribution in [2.24, 2.45) is 0 Å². The Morgan fingerprint density at radius 2 is 1.92 bits per heavy atom. The molecule has 24 heavy (non-hydrogen) atoms. The fourth-order valence-corrected chi connectivity index (χ4v) is 4.63. The zero-order chi connectivity index (χ0) is 17.5. The summed E-state index contributed by atoms with van der Waals surface area (Å²) in [5.74, 6) is 0.108. The minimum absolute atomic E-state index is 0.0833. The second-order valence-electron chi connectivity index (χ2n) is 7.65.